The highest BCUT2D eigenvalue weighted by Crippen LogP contribution is 2.20. The molecular weight excluding hydrogens is 360 g/mol. The van der Waals surface area contributed by atoms with Crippen LogP contribution >= 0.6 is 0 Å². The number of carbonyl (C=O) groups is 1. The highest BCUT2D eigenvalue weighted by Gasteiger charge is 2.17. The van der Waals surface area contributed by atoms with Crippen LogP contribution in [0.3, 0.4) is 0 Å². The third kappa shape index (κ3) is 3.95. The summed E-state index contributed by atoms with van der Waals surface area (Å²) in [6.45, 7) is 4.78. The van der Waals surface area contributed by atoms with Crippen molar-refractivity contribution in [2.24, 2.45) is 0 Å². The SMILES string of the molecule is COc1nc2ncc(NC(=O)c3ccccc3)nc2n1CCN1CCOCC1. The fourth-order valence-corrected chi connectivity index (χ4v) is 3.14. The van der Waals surface area contributed by atoms with Gasteiger partial charge in [-0.2, -0.15) is 4.98 Å². The van der Waals surface area contributed by atoms with Crippen LogP contribution in [0.2, 0.25) is 0 Å². The second kappa shape index (κ2) is 8.32. The number of hydrogen-bond acceptors (Lipinski definition) is 7. The first-order chi connectivity index (χ1) is 13.7. The Labute approximate surface area is 162 Å². The minimum Gasteiger partial charge on any atom is -0.468 e. The summed E-state index contributed by atoms with van der Waals surface area (Å²) in [6, 6.07) is 9.44. The van der Waals surface area contributed by atoms with Crippen LogP contribution in [0.5, 0.6) is 6.01 Å². The van der Waals surface area contributed by atoms with E-state index in [0.29, 0.717) is 35.2 Å². The predicted octanol–water partition coefficient (Wildman–Crippen LogP) is 1.42. The Morgan fingerprint density at radius 1 is 1.18 bits per heavy atom. The minimum atomic E-state index is -0.236. The van der Waals surface area contributed by atoms with Crippen molar-refractivity contribution in [3.63, 3.8) is 0 Å². The molecule has 146 valence electrons. The zero-order chi connectivity index (χ0) is 19.3. The van der Waals surface area contributed by atoms with Gasteiger partial charge in [0, 0.05) is 31.7 Å². The fourth-order valence-electron chi connectivity index (χ4n) is 3.14. The van der Waals surface area contributed by atoms with Crippen LogP contribution in [-0.4, -0.2) is 70.3 Å². The molecule has 3 heterocycles. The number of morpholine rings is 1. The summed E-state index contributed by atoms with van der Waals surface area (Å²) < 4.78 is 12.7. The van der Waals surface area contributed by atoms with E-state index in [1.807, 2.05) is 22.8 Å². The molecule has 1 aliphatic heterocycles. The summed E-state index contributed by atoms with van der Waals surface area (Å²) in [5.41, 5.74) is 1.62. The van der Waals surface area contributed by atoms with E-state index in [-0.39, 0.29) is 5.91 Å². The van der Waals surface area contributed by atoms with Crippen molar-refractivity contribution >= 4 is 23.0 Å². The molecule has 3 aromatic rings. The molecule has 0 bridgehead atoms. The predicted molar refractivity (Wildman–Crippen MR) is 104 cm³/mol. The molecule has 0 spiro atoms. The number of imidazole rings is 1. The van der Waals surface area contributed by atoms with E-state index in [1.54, 1.807) is 19.2 Å². The van der Waals surface area contributed by atoms with Gasteiger partial charge in [0.1, 0.15) is 0 Å². The molecule has 1 aromatic carbocycles. The van der Waals surface area contributed by atoms with E-state index in [4.69, 9.17) is 9.47 Å². The largest absolute Gasteiger partial charge is 0.468 e. The van der Waals surface area contributed by atoms with E-state index in [9.17, 15) is 4.79 Å². The van der Waals surface area contributed by atoms with Crippen LogP contribution in [0.25, 0.3) is 11.3 Å². The van der Waals surface area contributed by atoms with Gasteiger partial charge in [-0.25, -0.2) is 9.97 Å². The van der Waals surface area contributed by atoms with Crippen LogP contribution < -0.4 is 10.1 Å². The van der Waals surface area contributed by atoms with E-state index >= 15 is 0 Å². The smallest absolute Gasteiger partial charge is 0.299 e. The molecule has 28 heavy (non-hydrogen) atoms. The Morgan fingerprint density at radius 2 is 1.96 bits per heavy atom. The van der Waals surface area contributed by atoms with Gasteiger partial charge in [0.2, 0.25) is 5.65 Å². The summed E-state index contributed by atoms with van der Waals surface area (Å²) in [7, 11) is 1.57. The first-order valence-corrected chi connectivity index (χ1v) is 9.18. The minimum absolute atomic E-state index is 0.236. The number of fused-ring (bicyclic) bond motifs is 1. The van der Waals surface area contributed by atoms with Crippen molar-refractivity contribution < 1.29 is 14.3 Å². The number of benzene rings is 1. The molecule has 1 saturated heterocycles. The van der Waals surface area contributed by atoms with Gasteiger partial charge in [0.25, 0.3) is 11.9 Å². The average molecular weight is 382 g/mol. The Balaban J connectivity index is 1.56. The molecule has 0 saturated carbocycles. The number of amides is 1. The molecule has 4 rings (SSSR count). The van der Waals surface area contributed by atoms with Gasteiger partial charge in [-0.3, -0.25) is 14.3 Å². The molecule has 2 aromatic heterocycles. The second-order valence-corrected chi connectivity index (χ2v) is 6.43. The molecule has 1 aliphatic rings. The zero-order valence-electron chi connectivity index (χ0n) is 15.7. The van der Waals surface area contributed by atoms with Gasteiger partial charge in [-0.15, -0.1) is 0 Å². The van der Waals surface area contributed by atoms with Gasteiger partial charge < -0.3 is 14.8 Å². The molecule has 1 N–H and O–H groups in total. The number of rotatable bonds is 6. The molecule has 0 atom stereocenters. The van der Waals surface area contributed by atoms with Crippen molar-refractivity contribution in [3.05, 3.63) is 42.1 Å². The molecule has 1 amide bonds. The van der Waals surface area contributed by atoms with Crippen LogP contribution in [0.15, 0.2) is 36.5 Å². The molecule has 9 nitrogen and oxygen atoms in total. The third-order valence-corrected chi connectivity index (χ3v) is 4.63. The van der Waals surface area contributed by atoms with Crippen LogP contribution in [-0.2, 0) is 11.3 Å². The number of nitrogens with one attached hydrogen (secondary N) is 1. The lowest BCUT2D eigenvalue weighted by Gasteiger charge is -2.26. The summed E-state index contributed by atoms with van der Waals surface area (Å²) in [5, 5.41) is 2.79. The number of hydrogen-bond donors (Lipinski definition) is 1. The lowest BCUT2D eigenvalue weighted by Crippen LogP contribution is -2.38. The van der Waals surface area contributed by atoms with Crippen molar-refractivity contribution in [1.29, 1.82) is 0 Å². The zero-order valence-corrected chi connectivity index (χ0v) is 15.7. The van der Waals surface area contributed by atoms with Gasteiger partial charge >= 0.3 is 0 Å². The Morgan fingerprint density at radius 3 is 2.71 bits per heavy atom. The summed E-state index contributed by atoms with van der Waals surface area (Å²) in [4.78, 5) is 28.0. The number of nitrogens with zero attached hydrogens (tertiary/aromatic N) is 5. The lowest BCUT2D eigenvalue weighted by atomic mass is 10.2. The molecule has 0 unspecified atom stereocenters. The average Bonchev–Trinajstić information content (AvgIpc) is 3.10. The molecule has 0 radical (unpaired) electrons. The topological polar surface area (TPSA) is 94.4 Å². The third-order valence-electron chi connectivity index (χ3n) is 4.63. The monoisotopic (exact) mass is 382 g/mol. The maximum Gasteiger partial charge on any atom is 0.299 e. The van der Waals surface area contributed by atoms with Gasteiger partial charge in [-0.05, 0) is 12.1 Å². The van der Waals surface area contributed by atoms with Crippen LogP contribution in [0, 0.1) is 0 Å². The highest BCUT2D eigenvalue weighted by molar-refractivity contribution is 6.03. The van der Waals surface area contributed by atoms with Crippen molar-refractivity contribution in [3.8, 4) is 6.01 Å². The lowest BCUT2D eigenvalue weighted by molar-refractivity contribution is 0.0362. The van der Waals surface area contributed by atoms with Crippen molar-refractivity contribution in [2.75, 3.05) is 45.3 Å². The normalized spacial score (nSPS) is 14.9. The van der Waals surface area contributed by atoms with Crippen molar-refractivity contribution in [2.45, 2.75) is 6.54 Å². The van der Waals surface area contributed by atoms with Crippen LogP contribution in [0.1, 0.15) is 10.4 Å². The maximum absolute atomic E-state index is 12.4. The Hall–Kier alpha value is -3.04. The number of methoxy groups -OCH3 is 1. The quantitative estimate of drug-likeness (QED) is 0.689. The molecule has 0 aliphatic carbocycles. The highest BCUT2D eigenvalue weighted by atomic mass is 16.5. The number of carbonyl (C=O) groups excluding carboxylic acids is 1. The van der Waals surface area contributed by atoms with Crippen molar-refractivity contribution in [1.82, 2.24) is 24.4 Å². The first-order valence-electron chi connectivity index (χ1n) is 9.18. The standard InChI is InChI=1S/C19H22N6O3/c1-27-19-23-16-17(25(19)8-7-24-9-11-28-12-10-24)21-15(13-20-16)22-18(26)14-5-3-2-4-6-14/h2-6,13H,7-12H2,1H3,(H,21,22,26). The molecular formula is C19H22N6O3. The number of ether oxygens (including phenoxy) is 2. The molecule has 1 fully saturated rings. The van der Waals surface area contributed by atoms with E-state index in [0.717, 1.165) is 32.8 Å². The van der Waals surface area contributed by atoms with E-state index < -0.39 is 0 Å². The maximum atomic E-state index is 12.4. The summed E-state index contributed by atoms with van der Waals surface area (Å²) in [5.74, 6) is 0.136. The summed E-state index contributed by atoms with van der Waals surface area (Å²) in [6.07, 6.45) is 1.50. The van der Waals surface area contributed by atoms with Gasteiger partial charge in [0.15, 0.2) is 11.5 Å². The Bertz CT molecular complexity index is 953. The number of anilines is 1. The molecule has 9 heteroatoms. The number of aromatic nitrogens is 4. The van der Waals surface area contributed by atoms with Gasteiger partial charge in [-0.1, -0.05) is 18.2 Å². The van der Waals surface area contributed by atoms with E-state index in [1.165, 1.54) is 6.20 Å². The van der Waals surface area contributed by atoms with E-state index in [2.05, 4.69) is 25.2 Å². The summed E-state index contributed by atoms with van der Waals surface area (Å²) >= 11 is 0. The second-order valence-electron chi connectivity index (χ2n) is 6.43. The van der Waals surface area contributed by atoms with Gasteiger partial charge in [0.05, 0.1) is 26.5 Å². The first kappa shape index (κ1) is 18.3. The fraction of sp³-hybridized carbons (Fsp3) is 0.368. The Kier molecular flexibility index (Phi) is 5.45. The van der Waals surface area contributed by atoms with Crippen LogP contribution in [0.4, 0.5) is 5.82 Å².